The SMILES string of the molecule is Cc1ccc(CNS(=O)(=O)c2ccc(C(N)=S)nc2)cn1. The van der Waals surface area contributed by atoms with E-state index in [-0.39, 0.29) is 16.4 Å². The molecule has 0 aliphatic heterocycles. The highest BCUT2D eigenvalue weighted by atomic mass is 32.2. The summed E-state index contributed by atoms with van der Waals surface area (Å²) in [6.45, 7) is 2.02. The van der Waals surface area contributed by atoms with Crippen LogP contribution in [0.1, 0.15) is 17.0 Å². The minimum atomic E-state index is -3.64. The Hall–Kier alpha value is -1.90. The summed E-state index contributed by atoms with van der Waals surface area (Å²) in [5.41, 5.74) is 7.45. The van der Waals surface area contributed by atoms with Crippen molar-refractivity contribution in [3.63, 3.8) is 0 Å². The molecular formula is C13H14N4O2S2. The predicted octanol–water partition coefficient (Wildman–Crippen LogP) is 0.898. The number of aromatic nitrogens is 2. The van der Waals surface area contributed by atoms with E-state index in [1.165, 1.54) is 18.3 Å². The molecule has 2 rings (SSSR count). The van der Waals surface area contributed by atoms with Gasteiger partial charge in [0.05, 0.1) is 5.69 Å². The first-order valence-electron chi connectivity index (χ1n) is 6.05. The van der Waals surface area contributed by atoms with Crippen molar-refractivity contribution in [3.8, 4) is 0 Å². The molecule has 0 bridgehead atoms. The van der Waals surface area contributed by atoms with Gasteiger partial charge in [-0.1, -0.05) is 18.3 Å². The maximum absolute atomic E-state index is 12.1. The summed E-state index contributed by atoms with van der Waals surface area (Å²) in [6.07, 6.45) is 2.86. The standard InChI is InChI=1S/C13H14N4O2S2/c1-9-2-3-10(6-15-9)7-17-21(18,19)11-4-5-12(13(14)20)16-8-11/h2-6,8,17H,7H2,1H3,(H2,14,20). The van der Waals surface area contributed by atoms with Crippen LogP contribution in [0, 0.1) is 6.92 Å². The number of hydrogen-bond donors (Lipinski definition) is 2. The molecule has 6 nitrogen and oxygen atoms in total. The summed E-state index contributed by atoms with van der Waals surface area (Å²) in [7, 11) is -3.64. The van der Waals surface area contributed by atoms with E-state index in [1.54, 1.807) is 6.20 Å². The van der Waals surface area contributed by atoms with Crippen LogP contribution in [0.3, 0.4) is 0 Å². The highest BCUT2D eigenvalue weighted by Gasteiger charge is 2.14. The van der Waals surface area contributed by atoms with Crippen molar-refractivity contribution in [3.05, 3.63) is 53.6 Å². The van der Waals surface area contributed by atoms with Crippen LogP contribution in [0.5, 0.6) is 0 Å². The monoisotopic (exact) mass is 322 g/mol. The molecule has 0 saturated carbocycles. The first kappa shape index (κ1) is 15.5. The fourth-order valence-corrected chi connectivity index (χ4v) is 2.63. The van der Waals surface area contributed by atoms with E-state index < -0.39 is 10.0 Å². The molecule has 0 aliphatic carbocycles. The Morgan fingerprint density at radius 1 is 1.24 bits per heavy atom. The average molecular weight is 322 g/mol. The molecule has 0 spiro atoms. The highest BCUT2D eigenvalue weighted by Crippen LogP contribution is 2.09. The van der Waals surface area contributed by atoms with Gasteiger partial charge in [0.25, 0.3) is 0 Å². The van der Waals surface area contributed by atoms with Gasteiger partial charge in [-0.05, 0) is 30.7 Å². The zero-order chi connectivity index (χ0) is 15.5. The second kappa shape index (κ2) is 6.25. The molecule has 0 radical (unpaired) electrons. The zero-order valence-corrected chi connectivity index (χ0v) is 12.9. The van der Waals surface area contributed by atoms with E-state index in [0.717, 1.165) is 11.3 Å². The fourth-order valence-electron chi connectivity index (χ4n) is 1.55. The first-order valence-corrected chi connectivity index (χ1v) is 7.95. The third-order valence-electron chi connectivity index (χ3n) is 2.74. The average Bonchev–Trinajstić information content (AvgIpc) is 2.47. The van der Waals surface area contributed by atoms with Crippen molar-refractivity contribution in [2.45, 2.75) is 18.4 Å². The summed E-state index contributed by atoms with van der Waals surface area (Å²) in [6, 6.07) is 6.53. The smallest absolute Gasteiger partial charge is 0.242 e. The normalized spacial score (nSPS) is 11.3. The number of rotatable bonds is 5. The van der Waals surface area contributed by atoms with Gasteiger partial charge in [0.15, 0.2) is 0 Å². The van der Waals surface area contributed by atoms with Crippen LogP contribution in [0.15, 0.2) is 41.6 Å². The number of nitrogens with zero attached hydrogens (tertiary/aromatic N) is 2. The van der Waals surface area contributed by atoms with Crippen molar-refractivity contribution in [1.29, 1.82) is 0 Å². The Morgan fingerprint density at radius 3 is 2.52 bits per heavy atom. The molecule has 0 saturated heterocycles. The van der Waals surface area contributed by atoms with Crippen molar-refractivity contribution < 1.29 is 8.42 Å². The number of aryl methyl sites for hydroxylation is 1. The molecule has 8 heteroatoms. The lowest BCUT2D eigenvalue weighted by molar-refractivity contribution is 0.581. The van der Waals surface area contributed by atoms with E-state index >= 15 is 0 Å². The Balaban J connectivity index is 2.11. The van der Waals surface area contributed by atoms with Crippen molar-refractivity contribution in [2.75, 3.05) is 0 Å². The van der Waals surface area contributed by atoms with E-state index in [2.05, 4.69) is 14.7 Å². The van der Waals surface area contributed by atoms with Crippen LogP contribution in [0.2, 0.25) is 0 Å². The molecular weight excluding hydrogens is 308 g/mol. The molecule has 2 aromatic heterocycles. The third-order valence-corrected chi connectivity index (χ3v) is 4.33. The van der Waals surface area contributed by atoms with Crippen LogP contribution >= 0.6 is 12.2 Å². The Morgan fingerprint density at radius 2 is 2.00 bits per heavy atom. The number of nitrogens with one attached hydrogen (secondary N) is 1. The topological polar surface area (TPSA) is 98.0 Å². The molecule has 2 aromatic rings. The zero-order valence-electron chi connectivity index (χ0n) is 11.3. The number of thiocarbonyl (C=S) groups is 1. The van der Waals surface area contributed by atoms with Gasteiger partial charge in [-0.2, -0.15) is 0 Å². The second-order valence-electron chi connectivity index (χ2n) is 4.38. The van der Waals surface area contributed by atoms with Crippen molar-refractivity contribution >= 4 is 27.2 Å². The third kappa shape index (κ3) is 4.03. The lowest BCUT2D eigenvalue weighted by Crippen LogP contribution is -2.23. The molecule has 0 aliphatic rings. The minimum Gasteiger partial charge on any atom is -0.388 e. The van der Waals surface area contributed by atoms with Gasteiger partial charge < -0.3 is 5.73 Å². The van der Waals surface area contributed by atoms with Crippen molar-refractivity contribution in [2.24, 2.45) is 5.73 Å². The van der Waals surface area contributed by atoms with Gasteiger partial charge in [-0.25, -0.2) is 13.1 Å². The van der Waals surface area contributed by atoms with Gasteiger partial charge in [-0.3, -0.25) is 9.97 Å². The summed E-state index contributed by atoms with van der Waals surface area (Å²) in [5.74, 6) is 0. The minimum absolute atomic E-state index is 0.0579. The largest absolute Gasteiger partial charge is 0.388 e. The molecule has 0 atom stereocenters. The van der Waals surface area contributed by atoms with E-state index in [4.69, 9.17) is 18.0 Å². The molecule has 21 heavy (non-hydrogen) atoms. The van der Waals surface area contributed by atoms with Gasteiger partial charge in [0.2, 0.25) is 10.0 Å². The summed E-state index contributed by atoms with van der Waals surface area (Å²) >= 11 is 4.77. The van der Waals surface area contributed by atoms with E-state index in [9.17, 15) is 8.42 Å². The lowest BCUT2D eigenvalue weighted by atomic mass is 10.2. The summed E-state index contributed by atoms with van der Waals surface area (Å²) < 4.78 is 26.7. The molecule has 2 heterocycles. The van der Waals surface area contributed by atoms with E-state index in [0.29, 0.717) is 5.69 Å². The van der Waals surface area contributed by atoms with Gasteiger partial charge in [-0.15, -0.1) is 0 Å². The number of nitrogens with two attached hydrogens (primary N) is 1. The molecule has 0 unspecified atom stereocenters. The van der Waals surface area contributed by atoms with Gasteiger partial charge in [0, 0.05) is 24.6 Å². The highest BCUT2D eigenvalue weighted by molar-refractivity contribution is 7.89. The first-order chi connectivity index (χ1) is 9.88. The second-order valence-corrected chi connectivity index (χ2v) is 6.58. The number of hydrogen-bond acceptors (Lipinski definition) is 5. The molecule has 3 N–H and O–H groups in total. The van der Waals surface area contributed by atoms with Crippen LogP contribution in [0.25, 0.3) is 0 Å². The number of pyridine rings is 2. The van der Waals surface area contributed by atoms with Crippen LogP contribution < -0.4 is 10.5 Å². The number of sulfonamides is 1. The molecule has 0 fully saturated rings. The summed E-state index contributed by atoms with van der Waals surface area (Å²) in [5, 5.41) is 0. The Bertz CT molecular complexity index is 741. The fraction of sp³-hybridized carbons (Fsp3) is 0.154. The molecule has 110 valence electrons. The quantitative estimate of drug-likeness (QED) is 0.794. The Labute approximate surface area is 128 Å². The van der Waals surface area contributed by atoms with Gasteiger partial charge in [0.1, 0.15) is 9.88 Å². The maximum atomic E-state index is 12.1. The predicted molar refractivity (Wildman–Crippen MR) is 83.1 cm³/mol. The van der Waals surface area contributed by atoms with Crippen LogP contribution in [0.4, 0.5) is 0 Å². The van der Waals surface area contributed by atoms with Crippen LogP contribution in [-0.4, -0.2) is 23.4 Å². The summed E-state index contributed by atoms with van der Waals surface area (Å²) in [4.78, 5) is 8.20. The van der Waals surface area contributed by atoms with Gasteiger partial charge >= 0.3 is 0 Å². The van der Waals surface area contributed by atoms with Crippen molar-refractivity contribution in [1.82, 2.24) is 14.7 Å². The lowest BCUT2D eigenvalue weighted by Gasteiger charge is -2.07. The Kier molecular flexibility index (Phi) is 4.61. The maximum Gasteiger partial charge on any atom is 0.242 e. The van der Waals surface area contributed by atoms with Crippen LogP contribution in [-0.2, 0) is 16.6 Å². The van der Waals surface area contributed by atoms with E-state index in [1.807, 2.05) is 19.1 Å². The molecule has 0 amide bonds. The molecule has 0 aromatic carbocycles.